The van der Waals surface area contributed by atoms with Gasteiger partial charge in [0.15, 0.2) is 12.2 Å². The smallest absolute Gasteiger partial charge is 0.338 e. The standard InChI is InChI=1S/C14H24O6/c1-7(2)9-5-4-8(3)6-10(9)20-14(19)12(16)11(15)13(17)18/h7-12,15-16H,4-6H2,1-3H3,(H,17,18). The maximum atomic E-state index is 11.7. The molecule has 0 amide bonds. The molecule has 0 heterocycles. The molecule has 0 aliphatic heterocycles. The van der Waals surface area contributed by atoms with Crippen LogP contribution in [0, 0.1) is 17.8 Å². The second kappa shape index (κ2) is 7.04. The zero-order valence-corrected chi connectivity index (χ0v) is 12.2. The number of carboxylic acid groups (broad SMARTS) is 1. The van der Waals surface area contributed by atoms with E-state index in [1.807, 2.05) is 13.8 Å². The van der Waals surface area contributed by atoms with Gasteiger partial charge in [0.1, 0.15) is 6.10 Å². The van der Waals surface area contributed by atoms with E-state index >= 15 is 0 Å². The van der Waals surface area contributed by atoms with E-state index in [9.17, 15) is 19.8 Å². The summed E-state index contributed by atoms with van der Waals surface area (Å²) in [7, 11) is 0. The van der Waals surface area contributed by atoms with Crippen LogP contribution >= 0.6 is 0 Å². The third-order valence-corrected chi connectivity index (χ3v) is 4.02. The molecule has 5 unspecified atom stereocenters. The van der Waals surface area contributed by atoms with Crippen molar-refractivity contribution in [1.82, 2.24) is 0 Å². The highest BCUT2D eigenvalue weighted by Gasteiger charge is 2.37. The van der Waals surface area contributed by atoms with Crippen molar-refractivity contribution in [1.29, 1.82) is 0 Å². The van der Waals surface area contributed by atoms with Gasteiger partial charge in [-0.25, -0.2) is 9.59 Å². The third kappa shape index (κ3) is 4.18. The van der Waals surface area contributed by atoms with Crippen LogP contribution in [0.2, 0.25) is 0 Å². The first kappa shape index (κ1) is 16.9. The highest BCUT2D eigenvalue weighted by atomic mass is 16.6. The fourth-order valence-electron chi connectivity index (χ4n) is 2.73. The third-order valence-electron chi connectivity index (χ3n) is 4.02. The van der Waals surface area contributed by atoms with Gasteiger partial charge in [-0.15, -0.1) is 0 Å². The van der Waals surface area contributed by atoms with Crippen LogP contribution in [0.15, 0.2) is 0 Å². The van der Waals surface area contributed by atoms with Gasteiger partial charge in [-0.2, -0.15) is 0 Å². The molecule has 6 heteroatoms. The van der Waals surface area contributed by atoms with E-state index in [4.69, 9.17) is 9.84 Å². The van der Waals surface area contributed by atoms with Crippen LogP contribution in [-0.2, 0) is 14.3 Å². The van der Waals surface area contributed by atoms with Gasteiger partial charge in [-0.05, 0) is 30.6 Å². The van der Waals surface area contributed by atoms with E-state index in [2.05, 4.69) is 6.92 Å². The number of carbonyl (C=O) groups is 2. The molecule has 1 aliphatic carbocycles. The fraction of sp³-hybridized carbons (Fsp3) is 0.857. The SMILES string of the molecule is CC1CCC(C(C)C)C(OC(=O)C(O)C(O)C(=O)O)C1. The molecule has 1 fully saturated rings. The number of carboxylic acids is 1. The van der Waals surface area contributed by atoms with Crippen molar-refractivity contribution < 1.29 is 29.6 Å². The van der Waals surface area contributed by atoms with Gasteiger partial charge in [0.25, 0.3) is 0 Å². The molecule has 116 valence electrons. The maximum Gasteiger partial charge on any atom is 0.338 e. The van der Waals surface area contributed by atoms with Crippen molar-refractivity contribution in [2.75, 3.05) is 0 Å². The summed E-state index contributed by atoms with van der Waals surface area (Å²) >= 11 is 0. The molecule has 0 aromatic carbocycles. The van der Waals surface area contributed by atoms with Crippen LogP contribution in [-0.4, -0.2) is 45.6 Å². The average Bonchev–Trinajstić information content (AvgIpc) is 2.36. The van der Waals surface area contributed by atoms with Crippen molar-refractivity contribution in [3.05, 3.63) is 0 Å². The summed E-state index contributed by atoms with van der Waals surface area (Å²) in [5, 5.41) is 27.2. The van der Waals surface area contributed by atoms with Crippen molar-refractivity contribution in [2.45, 2.75) is 58.3 Å². The molecule has 0 aromatic rings. The number of aliphatic hydroxyl groups excluding tert-OH is 2. The summed E-state index contributed by atoms with van der Waals surface area (Å²) in [5.41, 5.74) is 0. The minimum absolute atomic E-state index is 0.198. The molecule has 5 atom stereocenters. The first-order valence-corrected chi connectivity index (χ1v) is 7.03. The molecule has 1 rings (SSSR count). The lowest BCUT2D eigenvalue weighted by Gasteiger charge is -2.37. The summed E-state index contributed by atoms with van der Waals surface area (Å²) < 4.78 is 5.26. The Kier molecular flexibility index (Phi) is 5.95. The second-order valence-corrected chi connectivity index (χ2v) is 6.03. The topological polar surface area (TPSA) is 104 Å². The van der Waals surface area contributed by atoms with Crippen molar-refractivity contribution in [3.63, 3.8) is 0 Å². The summed E-state index contributed by atoms with van der Waals surface area (Å²) in [6.07, 6.45) is -1.82. The summed E-state index contributed by atoms with van der Waals surface area (Å²) in [6.45, 7) is 6.16. The highest BCUT2D eigenvalue weighted by molar-refractivity contribution is 5.84. The minimum atomic E-state index is -2.15. The van der Waals surface area contributed by atoms with E-state index in [0.29, 0.717) is 18.3 Å². The highest BCUT2D eigenvalue weighted by Crippen LogP contribution is 2.35. The van der Waals surface area contributed by atoms with Crippen molar-refractivity contribution >= 4 is 11.9 Å². The number of esters is 1. The number of aliphatic hydroxyl groups is 2. The predicted octanol–water partition coefficient (Wildman–Crippen LogP) is 0.797. The van der Waals surface area contributed by atoms with Crippen LogP contribution in [0.4, 0.5) is 0 Å². The lowest BCUT2D eigenvalue weighted by molar-refractivity contribution is -0.178. The normalized spacial score (nSPS) is 29.8. The number of hydrogen-bond donors (Lipinski definition) is 3. The van der Waals surface area contributed by atoms with Gasteiger partial charge in [-0.1, -0.05) is 27.2 Å². The van der Waals surface area contributed by atoms with E-state index < -0.39 is 24.1 Å². The van der Waals surface area contributed by atoms with E-state index in [1.54, 1.807) is 0 Å². The first-order chi connectivity index (χ1) is 9.23. The van der Waals surface area contributed by atoms with E-state index in [0.717, 1.165) is 12.8 Å². The molecule has 0 spiro atoms. The van der Waals surface area contributed by atoms with Crippen LogP contribution in [0.5, 0.6) is 0 Å². The molecule has 0 bridgehead atoms. The predicted molar refractivity (Wildman–Crippen MR) is 70.9 cm³/mol. The monoisotopic (exact) mass is 288 g/mol. The number of carbonyl (C=O) groups excluding carboxylic acids is 1. The fourth-order valence-corrected chi connectivity index (χ4v) is 2.73. The van der Waals surface area contributed by atoms with Crippen LogP contribution in [0.25, 0.3) is 0 Å². The Balaban J connectivity index is 2.68. The van der Waals surface area contributed by atoms with Crippen molar-refractivity contribution in [2.24, 2.45) is 17.8 Å². The number of rotatable bonds is 5. The van der Waals surface area contributed by atoms with Gasteiger partial charge in [-0.3, -0.25) is 0 Å². The first-order valence-electron chi connectivity index (χ1n) is 7.03. The van der Waals surface area contributed by atoms with Gasteiger partial charge in [0.2, 0.25) is 0 Å². The van der Waals surface area contributed by atoms with Crippen LogP contribution < -0.4 is 0 Å². The van der Waals surface area contributed by atoms with Crippen LogP contribution in [0.1, 0.15) is 40.0 Å². The Labute approximate surface area is 118 Å². The lowest BCUT2D eigenvalue weighted by atomic mass is 9.75. The molecular weight excluding hydrogens is 264 g/mol. The van der Waals surface area contributed by atoms with E-state index in [1.165, 1.54) is 0 Å². The lowest BCUT2D eigenvalue weighted by Crippen LogP contribution is -2.44. The molecule has 1 saturated carbocycles. The second-order valence-electron chi connectivity index (χ2n) is 6.03. The van der Waals surface area contributed by atoms with Gasteiger partial charge in [0.05, 0.1) is 0 Å². The number of ether oxygens (including phenoxy) is 1. The number of aliphatic carboxylic acids is 1. The summed E-state index contributed by atoms with van der Waals surface area (Å²) in [6, 6.07) is 0. The molecular formula is C14H24O6. The minimum Gasteiger partial charge on any atom is -0.479 e. The Morgan fingerprint density at radius 1 is 1.15 bits per heavy atom. The Morgan fingerprint density at radius 3 is 2.25 bits per heavy atom. The largest absolute Gasteiger partial charge is 0.479 e. The van der Waals surface area contributed by atoms with Gasteiger partial charge < -0.3 is 20.1 Å². The zero-order chi connectivity index (χ0) is 15.4. The molecule has 6 nitrogen and oxygen atoms in total. The molecule has 20 heavy (non-hydrogen) atoms. The van der Waals surface area contributed by atoms with Gasteiger partial charge in [0, 0.05) is 0 Å². The quantitative estimate of drug-likeness (QED) is 0.646. The Hall–Kier alpha value is -1.14. The molecule has 3 N–H and O–H groups in total. The van der Waals surface area contributed by atoms with Crippen molar-refractivity contribution in [3.8, 4) is 0 Å². The summed E-state index contributed by atoms with van der Waals surface area (Å²) in [4.78, 5) is 22.3. The molecule has 0 radical (unpaired) electrons. The maximum absolute atomic E-state index is 11.7. The zero-order valence-electron chi connectivity index (χ0n) is 12.2. The average molecular weight is 288 g/mol. The molecule has 1 aliphatic rings. The van der Waals surface area contributed by atoms with Gasteiger partial charge >= 0.3 is 11.9 Å². The van der Waals surface area contributed by atoms with E-state index in [-0.39, 0.29) is 12.0 Å². The summed E-state index contributed by atoms with van der Waals surface area (Å²) in [5.74, 6) is -1.76. The molecule has 0 saturated heterocycles. The van der Waals surface area contributed by atoms with Crippen LogP contribution in [0.3, 0.4) is 0 Å². The number of hydrogen-bond acceptors (Lipinski definition) is 5. The Morgan fingerprint density at radius 2 is 1.75 bits per heavy atom. The molecule has 0 aromatic heterocycles. The Bertz CT molecular complexity index is 354.